The van der Waals surface area contributed by atoms with Crippen molar-refractivity contribution >= 4 is 5.91 Å². The minimum absolute atomic E-state index is 0.282. The molecule has 1 aromatic rings. The average molecular weight is 276 g/mol. The van der Waals surface area contributed by atoms with E-state index in [0.29, 0.717) is 0 Å². The van der Waals surface area contributed by atoms with E-state index in [4.69, 9.17) is 0 Å². The Morgan fingerprint density at radius 2 is 1.80 bits per heavy atom. The van der Waals surface area contributed by atoms with Gasteiger partial charge in [0.25, 0.3) is 5.91 Å². The van der Waals surface area contributed by atoms with Gasteiger partial charge < -0.3 is 10.2 Å². The number of nitrogens with zero attached hydrogens (tertiary/aromatic N) is 3. The predicted octanol–water partition coefficient (Wildman–Crippen LogP) is 1.36. The fourth-order valence-electron chi connectivity index (χ4n) is 3.47. The highest BCUT2D eigenvalue weighted by atomic mass is 16.2. The normalized spacial score (nSPS) is 23.3. The van der Waals surface area contributed by atoms with Crippen molar-refractivity contribution in [2.24, 2.45) is 0 Å². The molecule has 3 heterocycles. The number of hydrogen-bond acceptors (Lipinski definition) is 3. The van der Waals surface area contributed by atoms with Crippen molar-refractivity contribution in [1.29, 1.82) is 0 Å². The maximum absolute atomic E-state index is 13.2. The van der Waals surface area contributed by atoms with E-state index >= 15 is 0 Å². The zero-order valence-corrected chi connectivity index (χ0v) is 12.1. The first-order valence-corrected chi connectivity index (χ1v) is 7.83. The molecule has 0 atom stereocenters. The van der Waals surface area contributed by atoms with Crippen molar-refractivity contribution in [2.45, 2.75) is 44.1 Å². The van der Waals surface area contributed by atoms with E-state index in [1.165, 1.54) is 12.8 Å². The van der Waals surface area contributed by atoms with Crippen LogP contribution in [0.2, 0.25) is 0 Å². The van der Waals surface area contributed by atoms with Gasteiger partial charge in [-0.15, -0.1) is 0 Å². The molecule has 2 aliphatic rings. The average Bonchev–Trinajstić information content (AvgIpc) is 2.91. The highest BCUT2D eigenvalue weighted by Crippen LogP contribution is 2.30. The lowest BCUT2D eigenvalue weighted by molar-refractivity contribution is -0.143. The Hall–Kier alpha value is -1.36. The maximum Gasteiger partial charge on any atom is 0.250 e. The lowest BCUT2D eigenvalue weighted by Crippen LogP contribution is -2.55. The van der Waals surface area contributed by atoms with Crippen LogP contribution in [0.3, 0.4) is 0 Å². The molecule has 3 rings (SSSR count). The van der Waals surface area contributed by atoms with E-state index in [1.807, 2.05) is 16.9 Å². The van der Waals surface area contributed by atoms with Crippen LogP contribution in [0.4, 0.5) is 0 Å². The maximum atomic E-state index is 13.2. The summed E-state index contributed by atoms with van der Waals surface area (Å²) in [5.41, 5.74) is -0.459. The van der Waals surface area contributed by atoms with Gasteiger partial charge in [-0.05, 0) is 44.8 Å². The summed E-state index contributed by atoms with van der Waals surface area (Å²) in [4.78, 5) is 15.2. The third-order valence-electron chi connectivity index (χ3n) is 4.67. The molecule has 2 saturated heterocycles. The van der Waals surface area contributed by atoms with Crippen molar-refractivity contribution in [1.82, 2.24) is 20.0 Å². The van der Waals surface area contributed by atoms with E-state index < -0.39 is 5.54 Å². The molecule has 0 bridgehead atoms. The van der Waals surface area contributed by atoms with Crippen LogP contribution in [0.15, 0.2) is 18.5 Å². The van der Waals surface area contributed by atoms with Crippen LogP contribution in [0, 0.1) is 0 Å². The third kappa shape index (κ3) is 2.46. The van der Waals surface area contributed by atoms with Gasteiger partial charge in [0, 0.05) is 25.5 Å². The van der Waals surface area contributed by atoms with Gasteiger partial charge in [-0.1, -0.05) is 12.8 Å². The van der Waals surface area contributed by atoms with Gasteiger partial charge in [0.1, 0.15) is 5.54 Å². The second-order valence-corrected chi connectivity index (χ2v) is 5.94. The van der Waals surface area contributed by atoms with Crippen molar-refractivity contribution in [2.75, 3.05) is 26.2 Å². The highest BCUT2D eigenvalue weighted by molar-refractivity contribution is 5.84. The van der Waals surface area contributed by atoms with Gasteiger partial charge in [0.2, 0.25) is 0 Å². The monoisotopic (exact) mass is 276 g/mol. The van der Waals surface area contributed by atoms with Gasteiger partial charge in [-0.25, -0.2) is 0 Å². The number of likely N-dealkylation sites (tertiary alicyclic amines) is 1. The molecule has 0 unspecified atom stereocenters. The van der Waals surface area contributed by atoms with E-state index in [9.17, 15) is 4.79 Å². The Morgan fingerprint density at radius 3 is 2.40 bits per heavy atom. The molecule has 1 aromatic heterocycles. The molecule has 20 heavy (non-hydrogen) atoms. The van der Waals surface area contributed by atoms with E-state index in [-0.39, 0.29) is 5.91 Å². The van der Waals surface area contributed by atoms with Gasteiger partial charge in [-0.2, -0.15) is 5.10 Å². The molecular formula is C15H24N4O. The number of amides is 1. The first kappa shape index (κ1) is 13.6. The van der Waals surface area contributed by atoms with Crippen molar-refractivity contribution in [3.63, 3.8) is 0 Å². The summed E-state index contributed by atoms with van der Waals surface area (Å²) in [6.45, 7) is 3.60. The van der Waals surface area contributed by atoms with Crippen molar-refractivity contribution in [3.05, 3.63) is 18.5 Å². The summed E-state index contributed by atoms with van der Waals surface area (Å²) in [5, 5.41) is 7.75. The Labute approximate surface area is 120 Å². The zero-order valence-electron chi connectivity index (χ0n) is 12.1. The predicted molar refractivity (Wildman–Crippen MR) is 77.4 cm³/mol. The van der Waals surface area contributed by atoms with Crippen molar-refractivity contribution < 1.29 is 4.79 Å². The van der Waals surface area contributed by atoms with Crippen LogP contribution < -0.4 is 5.32 Å². The molecule has 0 aliphatic carbocycles. The number of nitrogens with one attached hydrogen (secondary N) is 1. The number of hydrogen-bond donors (Lipinski definition) is 1. The molecule has 1 N–H and O–H groups in total. The van der Waals surface area contributed by atoms with Crippen LogP contribution in [0.1, 0.15) is 38.5 Å². The minimum atomic E-state index is -0.459. The second-order valence-electron chi connectivity index (χ2n) is 5.94. The van der Waals surface area contributed by atoms with E-state index in [2.05, 4.69) is 15.3 Å². The first-order valence-electron chi connectivity index (χ1n) is 7.83. The van der Waals surface area contributed by atoms with E-state index in [0.717, 1.165) is 51.9 Å². The molecule has 2 aliphatic heterocycles. The van der Waals surface area contributed by atoms with Gasteiger partial charge in [0.15, 0.2) is 0 Å². The summed E-state index contributed by atoms with van der Waals surface area (Å²) < 4.78 is 1.90. The fraction of sp³-hybridized carbons (Fsp3) is 0.733. The topological polar surface area (TPSA) is 50.2 Å². The Bertz CT molecular complexity index is 429. The van der Waals surface area contributed by atoms with Crippen LogP contribution in [0.5, 0.6) is 0 Å². The first-order chi connectivity index (χ1) is 9.83. The molecule has 5 heteroatoms. The summed E-state index contributed by atoms with van der Waals surface area (Å²) in [5.74, 6) is 0.282. The molecule has 2 fully saturated rings. The summed E-state index contributed by atoms with van der Waals surface area (Å²) in [6.07, 6.45) is 10.2. The molecule has 0 saturated carbocycles. The van der Waals surface area contributed by atoms with Crippen LogP contribution in [0.25, 0.3) is 0 Å². The number of carbonyl (C=O) groups excluding carboxylic acids is 1. The molecule has 0 radical (unpaired) electrons. The second kappa shape index (κ2) is 5.95. The molecular weight excluding hydrogens is 252 g/mol. The number of piperidine rings is 1. The molecule has 110 valence electrons. The van der Waals surface area contributed by atoms with Crippen LogP contribution in [-0.4, -0.2) is 46.8 Å². The number of rotatable bonds is 2. The summed E-state index contributed by atoms with van der Waals surface area (Å²) in [6, 6.07) is 1.92. The highest BCUT2D eigenvalue weighted by Gasteiger charge is 2.44. The van der Waals surface area contributed by atoms with Gasteiger partial charge in [-0.3, -0.25) is 9.48 Å². The smallest absolute Gasteiger partial charge is 0.250 e. The lowest BCUT2D eigenvalue weighted by Gasteiger charge is -2.40. The largest absolute Gasteiger partial charge is 0.341 e. The van der Waals surface area contributed by atoms with Gasteiger partial charge >= 0.3 is 0 Å². The summed E-state index contributed by atoms with van der Waals surface area (Å²) >= 11 is 0. The number of carbonyl (C=O) groups is 1. The number of aromatic nitrogens is 2. The van der Waals surface area contributed by atoms with Crippen molar-refractivity contribution in [3.8, 4) is 0 Å². The van der Waals surface area contributed by atoms with Crippen LogP contribution >= 0.6 is 0 Å². The fourth-order valence-corrected chi connectivity index (χ4v) is 3.47. The third-order valence-corrected chi connectivity index (χ3v) is 4.67. The van der Waals surface area contributed by atoms with E-state index in [1.54, 1.807) is 6.20 Å². The quantitative estimate of drug-likeness (QED) is 0.887. The summed E-state index contributed by atoms with van der Waals surface area (Å²) in [7, 11) is 0. The Balaban J connectivity index is 1.86. The Kier molecular flexibility index (Phi) is 4.05. The van der Waals surface area contributed by atoms with Gasteiger partial charge in [0.05, 0.1) is 0 Å². The lowest BCUT2D eigenvalue weighted by atomic mass is 9.86. The Morgan fingerprint density at radius 1 is 1.10 bits per heavy atom. The molecule has 1 amide bonds. The SMILES string of the molecule is O=C(N1CCCCCC1)C1(n2cccn2)CCNCC1. The minimum Gasteiger partial charge on any atom is -0.341 e. The standard InChI is InChI=1S/C15H24N4O/c20-14(18-11-3-1-2-4-12-18)15(6-9-16-10-7-15)19-13-5-8-17-19/h5,8,13,16H,1-4,6-7,9-12H2. The molecule has 0 spiro atoms. The van der Waals surface area contributed by atoms with Crippen LogP contribution in [-0.2, 0) is 10.3 Å². The zero-order chi connectivity index (χ0) is 13.8. The molecule has 5 nitrogen and oxygen atoms in total. The molecule has 0 aromatic carbocycles.